The minimum atomic E-state index is -0.471. The van der Waals surface area contributed by atoms with Gasteiger partial charge in [0.1, 0.15) is 0 Å². The van der Waals surface area contributed by atoms with Crippen LogP contribution in [0.1, 0.15) is 25.3 Å². The summed E-state index contributed by atoms with van der Waals surface area (Å²) < 4.78 is 5.40. The van der Waals surface area contributed by atoms with Gasteiger partial charge in [0.25, 0.3) is 0 Å². The topological polar surface area (TPSA) is 72.5 Å². The van der Waals surface area contributed by atoms with Crippen LogP contribution in [0.15, 0.2) is 18.2 Å². The molecule has 0 fully saturated rings. The molecular weight excluding hydrogens is 206 g/mol. The van der Waals surface area contributed by atoms with E-state index in [0.29, 0.717) is 17.9 Å². The molecule has 0 unspecified atom stereocenters. The van der Waals surface area contributed by atoms with Gasteiger partial charge in [0, 0.05) is 5.56 Å². The number of hydrogen-bond acceptors (Lipinski definition) is 3. The Bertz CT molecular complexity index is 363. The van der Waals surface area contributed by atoms with E-state index in [-0.39, 0.29) is 12.2 Å². The molecule has 0 aliphatic rings. The molecule has 0 radical (unpaired) electrons. The summed E-state index contributed by atoms with van der Waals surface area (Å²) in [6.07, 6.45) is 1.98. The smallest absolute Gasteiger partial charge is 0.221 e. The van der Waals surface area contributed by atoms with Gasteiger partial charge in [-0.2, -0.15) is 0 Å². The number of phenolic OH excluding ortho intramolecular Hbond substituents is 1. The van der Waals surface area contributed by atoms with Crippen LogP contribution in [0.2, 0.25) is 0 Å². The molecule has 88 valence electrons. The van der Waals surface area contributed by atoms with E-state index in [0.717, 1.165) is 12.8 Å². The normalized spacial score (nSPS) is 10.1. The zero-order valence-corrected chi connectivity index (χ0v) is 9.40. The van der Waals surface area contributed by atoms with E-state index in [9.17, 15) is 9.90 Å². The van der Waals surface area contributed by atoms with Crippen molar-refractivity contribution >= 4 is 5.91 Å². The van der Waals surface area contributed by atoms with E-state index in [2.05, 4.69) is 6.92 Å². The van der Waals surface area contributed by atoms with Crippen LogP contribution in [0.5, 0.6) is 11.5 Å². The fourth-order valence-corrected chi connectivity index (χ4v) is 1.34. The zero-order chi connectivity index (χ0) is 12.0. The van der Waals surface area contributed by atoms with Gasteiger partial charge in [-0.3, -0.25) is 4.79 Å². The van der Waals surface area contributed by atoms with E-state index in [4.69, 9.17) is 10.5 Å². The second kappa shape index (κ2) is 6.00. The SMILES string of the molecule is CCCCOc1cccc(CC(N)=O)c1O. The molecule has 1 aromatic carbocycles. The van der Waals surface area contributed by atoms with Gasteiger partial charge in [-0.25, -0.2) is 0 Å². The largest absolute Gasteiger partial charge is 0.504 e. The molecule has 1 aromatic rings. The Morgan fingerprint density at radius 3 is 2.88 bits per heavy atom. The second-order valence-electron chi connectivity index (χ2n) is 3.61. The third-order valence-corrected chi connectivity index (χ3v) is 2.20. The number of hydrogen-bond donors (Lipinski definition) is 2. The molecule has 16 heavy (non-hydrogen) atoms. The Morgan fingerprint density at radius 1 is 1.50 bits per heavy atom. The third kappa shape index (κ3) is 3.46. The van der Waals surface area contributed by atoms with Crippen molar-refractivity contribution in [2.45, 2.75) is 26.2 Å². The summed E-state index contributed by atoms with van der Waals surface area (Å²) in [6.45, 7) is 2.62. The number of para-hydroxylation sites is 1. The molecular formula is C12H17NO3. The minimum absolute atomic E-state index is 0.0115. The maximum atomic E-state index is 10.8. The van der Waals surface area contributed by atoms with Gasteiger partial charge < -0.3 is 15.6 Å². The number of primary amides is 1. The van der Waals surface area contributed by atoms with Gasteiger partial charge in [0.05, 0.1) is 13.0 Å². The van der Waals surface area contributed by atoms with Crippen molar-refractivity contribution in [1.82, 2.24) is 0 Å². The van der Waals surface area contributed by atoms with Gasteiger partial charge in [0.2, 0.25) is 5.91 Å². The van der Waals surface area contributed by atoms with Crippen molar-refractivity contribution < 1.29 is 14.6 Å². The fourth-order valence-electron chi connectivity index (χ4n) is 1.34. The van der Waals surface area contributed by atoms with E-state index in [1.165, 1.54) is 0 Å². The lowest BCUT2D eigenvalue weighted by Crippen LogP contribution is -2.13. The number of amides is 1. The zero-order valence-electron chi connectivity index (χ0n) is 9.40. The Hall–Kier alpha value is -1.71. The molecule has 0 aliphatic heterocycles. The molecule has 0 atom stereocenters. The first-order valence-electron chi connectivity index (χ1n) is 5.37. The number of nitrogens with two attached hydrogens (primary N) is 1. The summed E-state index contributed by atoms with van der Waals surface area (Å²) >= 11 is 0. The molecule has 0 heterocycles. The van der Waals surface area contributed by atoms with Crippen LogP contribution in [-0.4, -0.2) is 17.6 Å². The van der Waals surface area contributed by atoms with Crippen molar-refractivity contribution in [3.05, 3.63) is 23.8 Å². The maximum absolute atomic E-state index is 10.8. The van der Waals surface area contributed by atoms with Crippen LogP contribution in [-0.2, 0) is 11.2 Å². The van der Waals surface area contributed by atoms with Crippen LogP contribution >= 0.6 is 0 Å². The summed E-state index contributed by atoms with van der Waals surface area (Å²) in [7, 11) is 0. The van der Waals surface area contributed by atoms with Crippen LogP contribution in [0.25, 0.3) is 0 Å². The highest BCUT2D eigenvalue weighted by atomic mass is 16.5. The van der Waals surface area contributed by atoms with E-state index in [1.807, 2.05) is 0 Å². The number of unbranched alkanes of at least 4 members (excludes halogenated alkanes) is 1. The number of phenols is 1. The van der Waals surface area contributed by atoms with E-state index < -0.39 is 5.91 Å². The van der Waals surface area contributed by atoms with Gasteiger partial charge in [0.15, 0.2) is 11.5 Å². The summed E-state index contributed by atoms with van der Waals surface area (Å²) in [5.74, 6) is -0.0504. The van der Waals surface area contributed by atoms with Crippen LogP contribution in [0.4, 0.5) is 0 Å². The average Bonchev–Trinajstić information content (AvgIpc) is 2.23. The molecule has 0 aromatic heterocycles. The Kier molecular flexibility index (Phi) is 4.64. The average molecular weight is 223 g/mol. The van der Waals surface area contributed by atoms with E-state index >= 15 is 0 Å². The summed E-state index contributed by atoms with van der Waals surface area (Å²) in [5, 5.41) is 9.80. The van der Waals surface area contributed by atoms with Crippen LogP contribution < -0.4 is 10.5 Å². The number of carbonyl (C=O) groups is 1. The van der Waals surface area contributed by atoms with Crippen molar-refractivity contribution in [3.8, 4) is 11.5 Å². The molecule has 0 saturated heterocycles. The number of rotatable bonds is 6. The molecule has 1 amide bonds. The Balaban J connectivity index is 2.74. The number of ether oxygens (including phenoxy) is 1. The monoisotopic (exact) mass is 223 g/mol. The molecule has 0 spiro atoms. The number of benzene rings is 1. The maximum Gasteiger partial charge on any atom is 0.221 e. The van der Waals surface area contributed by atoms with Crippen molar-refractivity contribution in [2.75, 3.05) is 6.61 Å². The van der Waals surface area contributed by atoms with Crippen molar-refractivity contribution in [3.63, 3.8) is 0 Å². The minimum Gasteiger partial charge on any atom is -0.504 e. The van der Waals surface area contributed by atoms with Gasteiger partial charge >= 0.3 is 0 Å². The summed E-state index contributed by atoms with van der Waals surface area (Å²) in [5.41, 5.74) is 5.58. The second-order valence-corrected chi connectivity index (χ2v) is 3.61. The Labute approximate surface area is 95.0 Å². The fraction of sp³-hybridized carbons (Fsp3) is 0.417. The predicted molar refractivity (Wildman–Crippen MR) is 61.4 cm³/mol. The standard InChI is InChI=1S/C12H17NO3/c1-2-3-7-16-10-6-4-5-9(12(10)15)8-11(13)14/h4-6,15H,2-3,7-8H2,1H3,(H2,13,14). The van der Waals surface area contributed by atoms with Gasteiger partial charge in [-0.05, 0) is 12.5 Å². The molecule has 1 rings (SSSR count). The molecule has 0 saturated carbocycles. The predicted octanol–water partition coefficient (Wildman–Crippen LogP) is 1.60. The number of aromatic hydroxyl groups is 1. The van der Waals surface area contributed by atoms with Crippen LogP contribution in [0.3, 0.4) is 0 Å². The molecule has 0 aliphatic carbocycles. The lowest BCUT2D eigenvalue weighted by molar-refractivity contribution is -0.117. The summed E-state index contributed by atoms with van der Waals surface area (Å²) in [6, 6.07) is 5.07. The van der Waals surface area contributed by atoms with Gasteiger partial charge in [-0.1, -0.05) is 25.5 Å². The lowest BCUT2D eigenvalue weighted by Gasteiger charge is -2.10. The highest BCUT2D eigenvalue weighted by Crippen LogP contribution is 2.30. The highest BCUT2D eigenvalue weighted by molar-refractivity contribution is 5.77. The quantitative estimate of drug-likeness (QED) is 0.719. The first-order chi connectivity index (χ1) is 7.65. The van der Waals surface area contributed by atoms with Crippen LogP contribution in [0, 0.1) is 0 Å². The first kappa shape index (κ1) is 12.4. The van der Waals surface area contributed by atoms with Crippen molar-refractivity contribution in [2.24, 2.45) is 5.73 Å². The highest BCUT2D eigenvalue weighted by Gasteiger charge is 2.09. The van der Waals surface area contributed by atoms with E-state index in [1.54, 1.807) is 18.2 Å². The molecule has 4 nitrogen and oxygen atoms in total. The summed E-state index contributed by atoms with van der Waals surface area (Å²) in [4.78, 5) is 10.8. The molecule has 0 bridgehead atoms. The third-order valence-electron chi connectivity index (χ3n) is 2.20. The lowest BCUT2D eigenvalue weighted by atomic mass is 10.1. The molecule has 3 N–H and O–H groups in total. The molecule has 4 heteroatoms. The Morgan fingerprint density at radius 2 is 2.25 bits per heavy atom. The first-order valence-corrected chi connectivity index (χ1v) is 5.37. The number of carbonyl (C=O) groups excluding carboxylic acids is 1. The van der Waals surface area contributed by atoms with Gasteiger partial charge in [-0.15, -0.1) is 0 Å². The van der Waals surface area contributed by atoms with Crippen molar-refractivity contribution in [1.29, 1.82) is 0 Å².